The zero-order valence-electron chi connectivity index (χ0n) is 11.5. The Kier molecular flexibility index (Phi) is 6.70. The van der Waals surface area contributed by atoms with Crippen LogP contribution in [0.1, 0.15) is 32.5 Å². The van der Waals surface area contributed by atoms with Crippen LogP contribution in [0.25, 0.3) is 0 Å². The molecule has 0 aliphatic heterocycles. The minimum Gasteiger partial charge on any atom is -0.381 e. The van der Waals surface area contributed by atoms with Crippen molar-refractivity contribution in [2.75, 3.05) is 30.2 Å². The summed E-state index contributed by atoms with van der Waals surface area (Å²) in [5.74, 6) is -0.0570. The number of nitrogens with one attached hydrogen (secondary N) is 2. The van der Waals surface area contributed by atoms with Gasteiger partial charge in [0.1, 0.15) is 0 Å². The molecule has 19 heavy (non-hydrogen) atoms. The molecule has 1 heterocycles. The van der Waals surface area contributed by atoms with Crippen molar-refractivity contribution in [1.82, 2.24) is 10.3 Å². The topological polar surface area (TPSA) is 80.3 Å². The maximum atomic E-state index is 11.7. The van der Waals surface area contributed by atoms with Crippen LogP contribution in [-0.4, -0.2) is 38.9 Å². The average Bonchev–Trinajstić information content (AvgIpc) is 2.77. The van der Waals surface area contributed by atoms with Gasteiger partial charge in [-0.25, -0.2) is 13.4 Å². The molecular formula is C11H21N3O3S2. The molecule has 6 nitrogen and oxygen atoms in total. The molecule has 0 aliphatic carbocycles. The lowest BCUT2D eigenvalue weighted by Gasteiger charge is -2.08. The molecule has 0 radical (unpaired) electrons. The SMILES string of the molecule is CCNC(C)c1csc(NS(=O)(=O)CCOCC)n1. The van der Waals surface area contributed by atoms with Gasteiger partial charge in [0.2, 0.25) is 10.0 Å². The van der Waals surface area contributed by atoms with E-state index in [-0.39, 0.29) is 18.4 Å². The molecule has 0 fully saturated rings. The zero-order valence-corrected chi connectivity index (χ0v) is 13.1. The van der Waals surface area contributed by atoms with Crippen LogP contribution in [0.5, 0.6) is 0 Å². The van der Waals surface area contributed by atoms with Crippen LogP contribution < -0.4 is 10.0 Å². The summed E-state index contributed by atoms with van der Waals surface area (Å²) in [7, 11) is -3.38. The van der Waals surface area contributed by atoms with E-state index in [1.54, 1.807) is 0 Å². The van der Waals surface area contributed by atoms with Gasteiger partial charge in [-0.2, -0.15) is 0 Å². The van der Waals surface area contributed by atoms with E-state index in [1.165, 1.54) is 11.3 Å². The fourth-order valence-corrected chi connectivity index (χ4v) is 3.41. The second-order valence-corrected chi connectivity index (χ2v) is 6.67. The van der Waals surface area contributed by atoms with Crippen LogP contribution in [0.3, 0.4) is 0 Å². The molecule has 2 N–H and O–H groups in total. The van der Waals surface area contributed by atoms with Crippen LogP contribution in [0.2, 0.25) is 0 Å². The van der Waals surface area contributed by atoms with E-state index in [0.717, 1.165) is 12.2 Å². The Morgan fingerprint density at radius 2 is 2.21 bits per heavy atom. The molecular weight excluding hydrogens is 286 g/mol. The van der Waals surface area contributed by atoms with Crippen molar-refractivity contribution in [3.8, 4) is 0 Å². The summed E-state index contributed by atoms with van der Waals surface area (Å²) in [6, 6.07) is 0.114. The fourth-order valence-electron chi connectivity index (χ4n) is 1.44. The number of rotatable bonds is 9. The van der Waals surface area contributed by atoms with Crippen molar-refractivity contribution in [1.29, 1.82) is 0 Å². The Morgan fingerprint density at radius 1 is 1.47 bits per heavy atom. The van der Waals surface area contributed by atoms with Crippen molar-refractivity contribution >= 4 is 26.5 Å². The molecule has 1 unspecified atom stereocenters. The Hall–Kier alpha value is -0.700. The van der Waals surface area contributed by atoms with Gasteiger partial charge in [-0.15, -0.1) is 11.3 Å². The van der Waals surface area contributed by atoms with E-state index in [0.29, 0.717) is 11.7 Å². The van der Waals surface area contributed by atoms with Gasteiger partial charge in [-0.3, -0.25) is 4.72 Å². The molecule has 0 aliphatic rings. The van der Waals surface area contributed by atoms with Gasteiger partial charge < -0.3 is 10.1 Å². The summed E-state index contributed by atoms with van der Waals surface area (Å²) in [6.07, 6.45) is 0. The normalized spacial score (nSPS) is 13.4. The lowest BCUT2D eigenvalue weighted by atomic mass is 10.3. The van der Waals surface area contributed by atoms with Crippen molar-refractivity contribution in [3.63, 3.8) is 0 Å². The van der Waals surface area contributed by atoms with E-state index in [2.05, 4.69) is 15.0 Å². The smallest absolute Gasteiger partial charge is 0.236 e. The van der Waals surface area contributed by atoms with Gasteiger partial charge in [-0.05, 0) is 20.4 Å². The van der Waals surface area contributed by atoms with Gasteiger partial charge in [0, 0.05) is 18.0 Å². The van der Waals surface area contributed by atoms with E-state index in [1.807, 2.05) is 26.2 Å². The third-order valence-electron chi connectivity index (χ3n) is 2.42. The summed E-state index contributed by atoms with van der Waals surface area (Å²) in [6.45, 7) is 7.38. The predicted molar refractivity (Wildman–Crippen MR) is 78.1 cm³/mol. The molecule has 8 heteroatoms. The Balaban J connectivity index is 2.57. The maximum Gasteiger partial charge on any atom is 0.236 e. The number of hydrogen-bond donors (Lipinski definition) is 2. The molecule has 1 rings (SSSR count). The minimum atomic E-state index is -3.38. The van der Waals surface area contributed by atoms with Gasteiger partial charge in [0.05, 0.1) is 18.1 Å². The van der Waals surface area contributed by atoms with E-state index in [4.69, 9.17) is 4.74 Å². The second-order valence-electron chi connectivity index (χ2n) is 3.97. The van der Waals surface area contributed by atoms with E-state index in [9.17, 15) is 8.42 Å². The van der Waals surface area contributed by atoms with Gasteiger partial charge >= 0.3 is 0 Å². The monoisotopic (exact) mass is 307 g/mol. The Morgan fingerprint density at radius 3 is 2.84 bits per heavy atom. The average molecular weight is 307 g/mol. The van der Waals surface area contributed by atoms with Crippen molar-refractivity contribution in [2.24, 2.45) is 0 Å². The van der Waals surface area contributed by atoms with Crippen LogP contribution in [0, 0.1) is 0 Å². The third kappa shape index (κ3) is 5.85. The minimum absolute atomic E-state index is 0.0570. The van der Waals surface area contributed by atoms with E-state index >= 15 is 0 Å². The highest BCUT2D eigenvalue weighted by molar-refractivity contribution is 7.92. The zero-order chi connectivity index (χ0) is 14.3. The first kappa shape index (κ1) is 16.4. The highest BCUT2D eigenvalue weighted by Gasteiger charge is 2.14. The van der Waals surface area contributed by atoms with Crippen molar-refractivity contribution in [3.05, 3.63) is 11.1 Å². The summed E-state index contributed by atoms with van der Waals surface area (Å²) < 4.78 is 31.0. The van der Waals surface area contributed by atoms with Crippen molar-refractivity contribution < 1.29 is 13.2 Å². The molecule has 0 bridgehead atoms. The second kappa shape index (κ2) is 7.78. The summed E-state index contributed by atoms with van der Waals surface area (Å²) in [4.78, 5) is 4.27. The van der Waals surface area contributed by atoms with Crippen LogP contribution in [-0.2, 0) is 14.8 Å². The van der Waals surface area contributed by atoms with Crippen molar-refractivity contribution in [2.45, 2.75) is 26.8 Å². The molecule has 1 atom stereocenters. The number of hydrogen-bond acceptors (Lipinski definition) is 6. The predicted octanol–water partition coefficient (Wildman–Crippen LogP) is 1.59. The summed E-state index contributed by atoms with van der Waals surface area (Å²) in [5.41, 5.74) is 0.842. The molecule has 1 aromatic heterocycles. The largest absolute Gasteiger partial charge is 0.381 e. The molecule has 0 spiro atoms. The third-order valence-corrected chi connectivity index (χ3v) is 4.53. The molecule has 110 valence electrons. The first-order valence-corrected chi connectivity index (χ1v) is 8.78. The number of anilines is 1. The lowest BCUT2D eigenvalue weighted by Crippen LogP contribution is -2.21. The first-order chi connectivity index (χ1) is 8.98. The number of aromatic nitrogens is 1. The number of nitrogens with zero attached hydrogens (tertiary/aromatic N) is 1. The summed E-state index contributed by atoms with van der Waals surface area (Å²) >= 11 is 1.29. The highest BCUT2D eigenvalue weighted by Crippen LogP contribution is 2.21. The van der Waals surface area contributed by atoms with Crippen LogP contribution in [0.4, 0.5) is 5.13 Å². The highest BCUT2D eigenvalue weighted by atomic mass is 32.2. The fraction of sp³-hybridized carbons (Fsp3) is 0.727. The number of ether oxygens (including phenoxy) is 1. The first-order valence-electron chi connectivity index (χ1n) is 6.25. The standard InChI is InChI=1S/C11H21N3O3S2/c1-4-12-9(3)10-8-18-11(13-10)14-19(15,16)7-6-17-5-2/h8-9,12H,4-7H2,1-3H3,(H,13,14). The number of thiazole rings is 1. The van der Waals surface area contributed by atoms with Crippen LogP contribution >= 0.6 is 11.3 Å². The van der Waals surface area contributed by atoms with Gasteiger partial charge in [0.15, 0.2) is 5.13 Å². The van der Waals surface area contributed by atoms with Gasteiger partial charge in [-0.1, -0.05) is 6.92 Å². The maximum absolute atomic E-state index is 11.7. The van der Waals surface area contributed by atoms with Gasteiger partial charge in [0.25, 0.3) is 0 Å². The lowest BCUT2D eigenvalue weighted by molar-refractivity contribution is 0.163. The molecule has 0 aromatic carbocycles. The quantitative estimate of drug-likeness (QED) is 0.677. The Bertz CT molecular complexity index is 473. The summed E-state index contributed by atoms with van der Waals surface area (Å²) in [5, 5.41) is 5.48. The molecule has 0 saturated carbocycles. The van der Waals surface area contributed by atoms with Crippen LogP contribution in [0.15, 0.2) is 5.38 Å². The molecule has 0 saturated heterocycles. The molecule has 0 amide bonds. The number of sulfonamides is 1. The van der Waals surface area contributed by atoms with E-state index < -0.39 is 10.0 Å². The molecule has 1 aromatic rings. The Labute approximate surface area is 118 Å².